The summed E-state index contributed by atoms with van der Waals surface area (Å²) in [5, 5.41) is 2.96. The molecule has 1 atom stereocenters. The van der Waals surface area contributed by atoms with Crippen LogP contribution < -0.4 is 11.0 Å². The topological polar surface area (TPSA) is 65.3 Å². The first-order chi connectivity index (χ1) is 11.1. The molecule has 1 amide bonds. The van der Waals surface area contributed by atoms with Crippen LogP contribution in [-0.2, 0) is 30.2 Å². The third kappa shape index (κ3) is 3.32. The summed E-state index contributed by atoms with van der Waals surface area (Å²) >= 11 is 0. The molecule has 2 aromatic rings. The van der Waals surface area contributed by atoms with Gasteiger partial charge in [-0.25, -0.2) is 4.79 Å². The molecule has 0 radical (unpaired) electrons. The fourth-order valence-electron chi connectivity index (χ4n) is 3.17. The van der Waals surface area contributed by atoms with Crippen molar-refractivity contribution in [3.05, 3.63) is 34.2 Å². The van der Waals surface area contributed by atoms with Crippen molar-refractivity contribution in [2.24, 2.45) is 20.0 Å². The van der Waals surface area contributed by atoms with Crippen molar-refractivity contribution in [3.63, 3.8) is 0 Å². The zero-order chi connectivity index (χ0) is 16.4. The third-order valence-corrected chi connectivity index (χ3v) is 4.55. The van der Waals surface area contributed by atoms with E-state index in [0.29, 0.717) is 25.5 Å². The summed E-state index contributed by atoms with van der Waals surface area (Å²) in [5.74, 6) is 0.392. The average molecular weight is 317 g/mol. The van der Waals surface area contributed by atoms with E-state index in [0.717, 1.165) is 36.0 Å². The lowest BCUT2D eigenvalue weighted by atomic mass is 9.98. The van der Waals surface area contributed by atoms with Crippen LogP contribution in [0.3, 0.4) is 0 Å². The van der Waals surface area contributed by atoms with Crippen molar-refractivity contribution in [2.75, 3.05) is 13.2 Å². The van der Waals surface area contributed by atoms with Gasteiger partial charge in [-0.15, -0.1) is 0 Å². The summed E-state index contributed by atoms with van der Waals surface area (Å²) in [6.45, 7) is 1.98. The van der Waals surface area contributed by atoms with E-state index in [1.807, 2.05) is 18.2 Å². The fraction of sp³-hybridized carbons (Fsp3) is 0.529. The van der Waals surface area contributed by atoms with Gasteiger partial charge >= 0.3 is 5.69 Å². The Morgan fingerprint density at radius 2 is 2.09 bits per heavy atom. The van der Waals surface area contributed by atoms with Crippen molar-refractivity contribution in [1.82, 2.24) is 14.5 Å². The summed E-state index contributed by atoms with van der Waals surface area (Å²) in [7, 11) is 3.52. The number of aryl methyl sites for hydroxylation is 2. The summed E-state index contributed by atoms with van der Waals surface area (Å²) < 4.78 is 8.66. The summed E-state index contributed by atoms with van der Waals surface area (Å²) in [6, 6.07) is 5.83. The molecule has 6 nitrogen and oxygen atoms in total. The van der Waals surface area contributed by atoms with Gasteiger partial charge in [-0.1, -0.05) is 6.07 Å². The molecule has 23 heavy (non-hydrogen) atoms. The van der Waals surface area contributed by atoms with Gasteiger partial charge in [0.2, 0.25) is 5.91 Å². The second-order valence-corrected chi connectivity index (χ2v) is 6.29. The number of fused-ring (bicyclic) bond motifs is 1. The van der Waals surface area contributed by atoms with E-state index in [1.165, 1.54) is 0 Å². The minimum Gasteiger partial charge on any atom is -0.381 e. The van der Waals surface area contributed by atoms with E-state index in [2.05, 4.69) is 5.32 Å². The fourth-order valence-corrected chi connectivity index (χ4v) is 3.17. The first kappa shape index (κ1) is 15.8. The highest BCUT2D eigenvalue weighted by Crippen LogP contribution is 2.17. The number of amides is 1. The highest BCUT2D eigenvalue weighted by Gasteiger charge is 2.17. The summed E-state index contributed by atoms with van der Waals surface area (Å²) in [6.07, 6.45) is 2.62. The normalized spacial score (nSPS) is 18.3. The molecule has 124 valence electrons. The van der Waals surface area contributed by atoms with Gasteiger partial charge in [0.05, 0.1) is 11.0 Å². The molecule has 6 heteroatoms. The van der Waals surface area contributed by atoms with Crippen molar-refractivity contribution in [1.29, 1.82) is 0 Å². The van der Waals surface area contributed by atoms with Crippen LogP contribution in [0.2, 0.25) is 0 Å². The molecule has 1 aliphatic rings. The number of rotatable bonds is 4. The Balaban J connectivity index is 1.64. The Kier molecular flexibility index (Phi) is 4.52. The van der Waals surface area contributed by atoms with Crippen LogP contribution >= 0.6 is 0 Å². The molecule has 1 aromatic carbocycles. The molecule has 0 bridgehead atoms. The number of imidazole rings is 1. The Bertz CT molecular complexity index is 769. The zero-order valence-electron chi connectivity index (χ0n) is 13.7. The summed E-state index contributed by atoms with van der Waals surface area (Å²) in [4.78, 5) is 24.0. The molecular formula is C17H23N3O3. The molecule has 0 aliphatic carbocycles. The van der Waals surface area contributed by atoms with Gasteiger partial charge in [0.25, 0.3) is 0 Å². The van der Waals surface area contributed by atoms with E-state index < -0.39 is 0 Å². The molecule has 1 aromatic heterocycles. The van der Waals surface area contributed by atoms with E-state index in [-0.39, 0.29) is 11.6 Å². The molecular weight excluding hydrogens is 294 g/mol. The third-order valence-electron chi connectivity index (χ3n) is 4.55. The van der Waals surface area contributed by atoms with Gasteiger partial charge in [0.1, 0.15) is 0 Å². The number of carbonyl (C=O) groups excluding carboxylic acids is 1. The van der Waals surface area contributed by atoms with Crippen LogP contribution in [0.4, 0.5) is 0 Å². The van der Waals surface area contributed by atoms with E-state index in [9.17, 15) is 9.59 Å². The molecule has 1 aliphatic heterocycles. The highest BCUT2D eigenvalue weighted by molar-refractivity contribution is 5.78. The lowest BCUT2D eigenvalue weighted by molar-refractivity contribution is -0.123. The van der Waals surface area contributed by atoms with E-state index in [1.54, 1.807) is 23.2 Å². The molecule has 1 saturated heterocycles. The Morgan fingerprint density at radius 1 is 1.30 bits per heavy atom. The molecule has 3 rings (SSSR count). The van der Waals surface area contributed by atoms with Gasteiger partial charge in [0.15, 0.2) is 0 Å². The Hall–Kier alpha value is -2.08. The Labute approximate surface area is 135 Å². The molecule has 0 unspecified atom stereocenters. The first-order valence-electron chi connectivity index (χ1n) is 8.05. The maximum absolute atomic E-state index is 12.0. The largest absolute Gasteiger partial charge is 0.381 e. The predicted molar refractivity (Wildman–Crippen MR) is 88.2 cm³/mol. The number of carbonyl (C=O) groups is 1. The predicted octanol–water partition coefficient (Wildman–Crippen LogP) is 1.31. The lowest BCUT2D eigenvalue weighted by Gasteiger charge is -2.21. The average Bonchev–Trinajstić information content (AvgIpc) is 2.78. The number of aromatic nitrogens is 2. The molecule has 1 N–H and O–H groups in total. The second-order valence-electron chi connectivity index (χ2n) is 6.29. The van der Waals surface area contributed by atoms with Gasteiger partial charge in [-0.3, -0.25) is 13.9 Å². The number of ether oxygens (including phenoxy) is 1. The second kappa shape index (κ2) is 6.58. The van der Waals surface area contributed by atoms with Gasteiger partial charge in [0, 0.05) is 40.3 Å². The monoisotopic (exact) mass is 317 g/mol. The van der Waals surface area contributed by atoms with Gasteiger partial charge in [-0.2, -0.15) is 0 Å². The van der Waals surface area contributed by atoms with Gasteiger partial charge in [-0.05, 0) is 36.5 Å². The SMILES string of the molecule is Cn1c(=O)n(C)c2cc(CNC(=O)C[C@@H]3CCCOC3)ccc21. The number of hydrogen-bond acceptors (Lipinski definition) is 3. The zero-order valence-corrected chi connectivity index (χ0v) is 13.7. The number of nitrogens with zero attached hydrogens (tertiary/aromatic N) is 2. The standard InChI is InChI=1S/C17H23N3O3/c1-19-14-6-5-12(8-15(14)20(2)17(19)22)10-18-16(21)9-13-4-3-7-23-11-13/h5-6,8,13H,3-4,7,9-11H2,1-2H3,(H,18,21)/t13-/m0/s1. The van der Waals surface area contributed by atoms with Crippen LogP contribution in [0, 0.1) is 5.92 Å². The van der Waals surface area contributed by atoms with Crippen molar-refractivity contribution in [3.8, 4) is 0 Å². The van der Waals surface area contributed by atoms with Crippen molar-refractivity contribution < 1.29 is 9.53 Å². The minimum atomic E-state index is -0.0431. The minimum absolute atomic E-state index is 0.0431. The van der Waals surface area contributed by atoms with E-state index in [4.69, 9.17) is 4.74 Å². The van der Waals surface area contributed by atoms with E-state index >= 15 is 0 Å². The Morgan fingerprint density at radius 3 is 2.83 bits per heavy atom. The van der Waals surface area contributed by atoms with Crippen LogP contribution in [0.1, 0.15) is 24.8 Å². The quantitative estimate of drug-likeness (QED) is 0.925. The highest BCUT2D eigenvalue weighted by atomic mass is 16.5. The number of nitrogens with one attached hydrogen (secondary N) is 1. The lowest BCUT2D eigenvalue weighted by Crippen LogP contribution is -2.28. The van der Waals surface area contributed by atoms with Crippen LogP contribution in [0.25, 0.3) is 11.0 Å². The van der Waals surface area contributed by atoms with Crippen molar-refractivity contribution >= 4 is 16.9 Å². The van der Waals surface area contributed by atoms with Crippen LogP contribution in [0.5, 0.6) is 0 Å². The molecule has 0 saturated carbocycles. The number of benzene rings is 1. The molecule has 1 fully saturated rings. The molecule has 2 heterocycles. The van der Waals surface area contributed by atoms with Crippen molar-refractivity contribution in [2.45, 2.75) is 25.8 Å². The smallest absolute Gasteiger partial charge is 0.328 e. The first-order valence-corrected chi connectivity index (χ1v) is 8.05. The van der Waals surface area contributed by atoms with Crippen LogP contribution in [-0.4, -0.2) is 28.3 Å². The van der Waals surface area contributed by atoms with Gasteiger partial charge < -0.3 is 10.1 Å². The maximum atomic E-state index is 12.0. The maximum Gasteiger partial charge on any atom is 0.328 e. The van der Waals surface area contributed by atoms with Crippen LogP contribution in [0.15, 0.2) is 23.0 Å². The number of hydrogen-bond donors (Lipinski definition) is 1. The molecule has 0 spiro atoms. The summed E-state index contributed by atoms with van der Waals surface area (Å²) in [5.41, 5.74) is 2.72.